The number of nitrogens with zero attached hydrogens (tertiary/aromatic N) is 2. The van der Waals surface area contributed by atoms with E-state index < -0.39 is 0 Å². The number of amides is 1. The van der Waals surface area contributed by atoms with Gasteiger partial charge >= 0.3 is 0 Å². The number of fused-ring (bicyclic) bond motifs is 1. The molecule has 1 atom stereocenters. The van der Waals surface area contributed by atoms with Crippen LogP contribution in [0.1, 0.15) is 6.42 Å². The van der Waals surface area contributed by atoms with E-state index >= 15 is 0 Å². The number of ether oxygens (including phenoxy) is 1. The molecule has 2 heterocycles. The average Bonchev–Trinajstić information content (AvgIpc) is 2.71. The van der Waals surface area contributed by atoms with Crippen molar-refractivity contribution in [2.75, 3.05) is 13.6 Å². The quantitative estimate of drug-likeness (QED) is 0.807. The number of benzene rings is 1. The van der Waals surface area contributed by atoms with Crippen molar-refractivity contribution in [1.82, 2.24) is 9.88 Å². The number of hydrogen-bond acceptors (Lipinski definition) is 3. The van der Waals surface area contributed by atoms with Crippen LogP contribution in [0, 0.1) is 0 Å². The van der Waals surface area contributed by atoms with E-state index in [1.54, 1.807) is 18.1 Å². The molecule has 0 bridgehead atoms. The lowest BCUT2D eigenvalue weighted by molar-refractivity contribution is -0.132. The lowest BCUT2D eigenvalue weighted by atomic mass is 10.2. The van der Waals surface area contributed by atoms with Crippen LogP contribution in [0.5, 0.6) is 5.75 Å². The van der Waals surface area contributed by atoms with Gasteiger partial charge in [0.15, 0.2) is 6.10 Å². The zero-order valence-electron chi connectivity index (χ0n) is 10.2. The monoisotopic (exact) mass is 242 g/mol. The van der Waals surface area contributed by atoms with E-state index in [9.17, 15) is 4.79 Å². The van der Waals surface area contributed by atoms with E-state index in [1.165, 1.54) is 0 Å². The Morgan fingerprint density at radius 3 is 3.00 bits per heavy atom. The van der Waals surface area contributed by atoms with Crippen molar-refractivity contribution in [3.8, 4) is 5.75 Å². The van der Waals surface area contributed by atoms with E-state index in [4.69, 9.17) is 4.74 Å². The summed E-state index contributed by atoms with van der Waals surface area (Å²) in [7, 11) is 1.80. The van der Waals surface area contributed by atoms with Crippen molar-refractivity contribution in [3.05, 3.63) is 36.5 Å². The lowest BCUT2D eigenvalue weighted by Gasteiger charge is -2.12. The molecule has 1 aromatic carbocycles. The summed E-state index contributed by atoms with van der Waals surface area (Å²) in [6.07, 6.45) is 2.05. The maximum absolute atomic E-state index is 11.8. The van der Waals surface area contributed by atoms with E-state index in [0.29, 0.717) is 5.75 Å². The van der Waals surface area contributed by atoms with Gasteiger partial charge in [0, 0.05) is 25.4 Å². The highest BCUT2D eigenvalue weighted by molar-refractivity contribution is 5.83. The molecule has 1 saturated heterocycles. The summed E-state index contributed by atoms with van der Waals surface area (Å²) in [6, 6.07) is 9.77. The van der Waals surface area contributed by atoms with Crippen molar-refractivity contribution in [2.24, 2.45) is 0 Å². The molecule has 3 rings (SSSR count). The van der Waals surface area contributed by atoms with Gasteiger partial charge in [0.05, 0.1) is 11.7 Å². The molecule has 4 heteroatoms. The summed E-state index contributed by atoms with van der Waals surface area (Å²) in [4.78, 5) is 17.8. The topological polar surface area (TPSA) is 42.4 Å². The minimum Gasteiger partial charge on any atom is -0.479 e. The largest absolute Gasteiger partial charge is 0.479 e. The van der Waals surface area contributed by atoms with E-state index in [2.05, 4.69) is 4.98 Å². The lowest BCUT2D eigenvalue weighted by Crippen LogP contribution is -2.29. The summed E-state index contributed by atoms with van der Waals surface area (Å²) < 4.78 is 5.71. The number of carbonyl (C=O) groups is 1. The number of likely N-dealkylation sites (N-methyl/N-ethyl adjacent to an activating group) is 1. The van der Waals surface area contributed by atoms with Gasteiger partial charge in [-0.2, -0.15) is 0 Å². The maximum atomic E-state index is 11.8. The minimum atomic E-state index is -0.363. The number of para-hydroxylation sites is 1. The third-order valence-electron chi connectivity index (χ3n) is 3.22. The van der Waals surface area contributed by atoms with E-state index in [1.807, 2.05) is 30.3 Å². The molecule has 0 N–H and O–H groups in total. The summed E-state index contributed by atoms with van der Waals surface area (Å²) in [5, 5.41) is 1.02. The standard InChI is InChI=1S/C14H14N2O2/c1-16-7-6-13(14(16)17)18-11-8-10-4-2-3-5-12(10)15-9-11/h2-5,8-9,13H,6-7H2,1H3. The second-order valence-electron chi connectivity index (χ2n) is 4.52. The zero-order valence-corrected chi connectivity index (χ0v) is 10.2. The number of pyridine rings is 1. The van der Waals surface area contributed by atoms with Gasteiger partial charge in [0.1, 0.15) is 5.75 Å². The number of aromatic nitrogens is 1. The Bertz CT molecular complexity index is 597. The van der Waals surface area contributed by atoms with Gasteiger partial charge in [-0.15, -0.1) is 0 Å². The van der Waals surface area contributed by atoms with Crippen molar-refractivity contribution >= 4 is 16.8 Å². The Kier molecular flexibility index (Phi) is 2.63. The summed E-state index contributed by atoms with van der Waals surface area (Å²) >= 11 is 0. The minimum absolute atomic E-state index is 0.0446. The van der Waals surface area contributed by atoms with Crippen molar-refractivity contribution in [2.45, 2.75) is 12.5 Å². The molecule has 0 saturated carbocycles. The number of likely N-dealkylation sites (tertiary alicyclic amines) is 1. The molecule has 1 aromatic heterocycles. The smallest absolute Gasteiger partial charge is 0.263 e. The Balaban J connectivity index is 1.85. The van der Waals surface area contributed by atoms with Gasteiger partial charge in [-0.3, -0.25) is 9.78 Å². The van der Waals surface area contributed by atoms with Gasteiger partial charge in [0.25, 0.3) is 5.91 Å². The Morgan fingerprint density at radius 1 is 1.39 bits per heavy atom. The molecule has 4 nitrogen and oxygen atoms in total. The maximum Gasteiger partial charge on any atom is 0.263 e. The van der Waals surface area contributed by atoms with Crippen LogP contribution in [0.15, 0.2) is 36.5 Å². The molecule has 1 amide bonds. The van der Waals surface area contributed by atoms with Crippen LogP contribution in [-0.4, -0.2) is 35.5 Å². The van der Waals surface area contributed by atoms with Gasteiger partial charge in [-0.05, 0) is 12.1 Å². The van der Waals surface area contributed by atoms with Crippen molar-refractivity contribution in [1.29, 1.82) is 0 Å². The Labute approximate surface area is 105 Å². The molecule has 18 heavy (non-hydrogen) atoms. The fraction of sp³-hybridized carbons (Fsp3) is 0.286. The molecular formula is C14H14N2O2. The molecule has 1 fully saturated rings. The first-order valence-corrected chi connectivity index (χ1v) is 6.00. The fourth-order valence-corrected chi connectivity index (χ4v) is 2.18. The fourth-order valence-electron chi connectivity index (χ4n) is 2.18. The predicted molar refractivity (Wildman–Crippen MR) is 68.4 cm³/mol. The molecule has 2 aromatic rings. The second-order valence-corrected chi connectivity index (χ2v) is 4.52. The van der Waals surface area contributed by atoms with Crippen LogP contribution in [0.3, 0.4) is 0 Å². The first-order valence-electron chi connectivity index (χ1n) is 6.00. The normalized spacial score (nSPS) is 19.5. The highest BCUT2D eigenvalue weighted by atomic mass is 16.5. The first kappa shape index (κ1) is 11.0. The van der Waals surface area contributed by atoms with Crippen molar-refractivity contribution in [3.63, 3.8) is 0 Å². The van der Waals surface area contributed by atoms with Crippen LogP contribution in [0.4, 0.5) is 0 Å². The third kappa shape index (κ3) is 1.90. The third-order valence-corrected chi connectivity index (χ3v) is 3.22. The first-order chi connectivity index (χ1) is 8.74. The van der Waals surface area contributed by atoms with Gasteiger partial charge < -0.3 is 9.64 Å². The molecule has 1 aliphatic heterocycles. The molecule has 0 aliphatic carbocycles. The van der Waals surface area contributed by atoms with Crippen LogP contribution in [0.25, 0.3) is 10.9 Å². The highest BCUT2D eigenvalue weighted by Gasteiger charge is 2.30. The molecule has 92 valence electrons. The Hall–Kier alpha value is -2.10. The SMILES string of the molecule is CN1CCC(Oc2cnc3ccccc3c2)C1=O. The predicted octanol–water partition coefficient (Wildman–Crippen LogP) is 1.84. The molecule has 1 unspecified atom stereocenters. The Morgan fingerprint density at radius 2 is 2.22 bits per heavy atom. The number of hydrogen-bond donors (Lipinski definition) is 0. The van der Waals surface area contributed by atoms with Crippen LogP contribution in [-0.2, 0) is 4.79 Å². The number of carbonyl (C=O) groups excluding carboxylic acids is 1. The average molecular weight is 242 g/mol. The van der Waals surface area contributed by atoms with E-state index in [-0.39, 0.29) is 12.0 Å². The van der Waals surface area contributed by atoms with Crippen molar-refractivity contribution < 1.29 is 9.53 Å². The second kappa shape index (κ2) is 4.29. The molecule has 0 radical (unpaired) electrons. The van der Waals surface area contributed by atoms with Gasteiger partial charge in [-0.1, -0.05) is 18.2 Å². The zero-order chi connectivity index (χ0) is 12.5. The molecule has 1 aliphatic rings. The summed E-state index contributed by atoms with van der Waals surface area (Å²) in [5.41, 5.74) is 0.930. The van der Waals surface area contributed by atoms with E-state index in [0.717, 1.165) is 23.9 Å². The highest BCUT2D eigenvalue weighted by Crippen LogP contribution is 2.21. The molecule has 0 spiro atoms. The number of rotatable bonds is 2. The van der Waals surface area contributed by atoms with Crippen LogP contribution in [0.2, 0.25) is 0 Å². The van der Waals surface area contributed by atoms with Gasteiger partial charge in [0.2, 0.25) is 0 Å². The van der Waals surface area contributed by atoms with Gasteiger partial charge in [-0.25, -0.2) is 0 Å². The molecular weight excluding hydrogens is 228 g/mol. The van der Waals surface area contributed by atoms with Crippen LogP contribution < -0.4 is 4.74 Å². The summed E-state index contributed by atoms with van der Waals surface area (Å²) in [6.45, 7) is 0.754. The van der Waals surface area contributed by atoms with Crippen LogP contribution >= 0.6 is 0 Å². The summed E-state index contributed by atoms with van der Waals surface area (Å²) in [5.74, 6) is 0.700.